The maximum Gasteiger partial charge on any atom is 0.436 e. The highest BCUT2D eigenvalue weighted by Crippen LogP contribution is 2.43. The lowest BCUT2D eigenvalue weighted by Crippen LogP contribution is -2.50. The third-order valence-corrected chi connectivity index (χ3v) is 23.3. The Kier molecular flexibility index (Phi) is 35.9. The predicted molar refractivity (Wildman–Crippen MR) is 440 cm³/mol. The summed E-state index contributed by atoms with van der Waals surface area (Å²) in [5.41, 5.74) is -2.08. The molecule has 0 atom stereocenters. The van der Waals surface area contributed by atoms with E-state index in [4.69, 9.17) is 107 Å². The van der Waals surface area contributed by atoms with Crippen molar-refractivity contribution in [2.45, 2.75) is 157 Å². The van der Waals surface area contributed by atoms with Crippen LogP contribution in [0.15, 0.2) is 121 Å². The van der Waals surface area contributed by atoms with E-state index in [0.717, 1.165) is 102 Å². The number of piperidine rings is 5. The van der Waals surface area contributed by atoms with Gasteiger partial charge in [0.2, 0.25) is 5.91 Å². The third kappa shape index (κ3) is 25.0. The molecule has 6 N–H and O–H groups in total. The van der Waals surface area contributed by atoms with Crippen molar-refractivity contribution >= 4 is 135 Å². The number of aromatic nitrogens is 4. The second-order valence-corrected chi connectivity index (χ2v) is 32.3. The number of likely N-dealkylation sites (tertiary alicyclic amines) is 2. The monoisotopic (exact) mass is 1810 g/mol. The number of hydrogen-bond donors (Lipinski definition) is 6. The first-order valence-electron chi connectivity index (χ1n) is 37.0. The molecule has 5 saturated heterocycles. The van der Waals surface area contributed by atoms with Crippen LogP contribution in [-0.2, 0) is 95.6 Å². The molecule has 0 saturated carbocycles. The number of ether oxygens (including phenoxy) is 3. The zero-order chi connectivity index (χ0) is 86.7. The smallest absolute Gasteiger partial charge is 0.436 e. The summed E-state index contributed by atoms with van der Waals surface area (Å²) in [6.07, 6.45) is -3.91. The highest BCUT2D eigenvalue weighted by molar-refractivity contribution is 6.33. The third-order valence-electron chi connectivity index (χ3n) is 21.1. The normalized spacial score (nSPS) is 17.0. The molecule has 118 heavy (non-hydrogen) atoms. The van der Waals surface area contributed by atoms with Crippen LogP contribution < -0.4 is 16.0 Å². The summed E-state index contributed by atoms with van der Waals surface area (Å²) in [7, 11) is 2.75. The maximum absolute atomic E-state index is 13.0. The summed E-state index contributed by atoms with van der Waals surface area (Å²) in [4.78, 5) is 90.2. The number of halogens is 14. The zero-order valence-electron chi connectivity index (χ0n) is 65.5. The largest absolute Gasteiger partial charge is 0.481 e. The van der Waals surface area contributed by atoms with Crippen molar-refractivity contribution in [3.8, 4) is 0 Å². The van der Waals surface area contributed by atoms with Crippen LogP contribution >= 0.6 is 93.6 Å². The van der Waals surface area contributed by atoms with Gasteiger partial charge < -0.3 is 60.1 Å². The maximum atomic E-state index is 13.0. The van der Waals surface area contributed by atoms with E-state index in [1.54, 1.807) is 65.6 Å². The van der Waals surface area contributed by atoms with E-state index in [9.17, 15) is 70.1 Å². The van der Waals surface area contributed by atoms with Crippen LogP contribution in [0, 0.1) is 20.4 Å². The van der Waals surface area contributed by atoms with Gasteiger partial charge in [-0.2, -0.15) is 36.5 Å². The summed E-state index contributed by atoms with van der Waals surface area (Å²) >= 11 is 40.5. The lowest BCUT2D eigenvalue weighted by molar-refractivity contribution is -0.151. The molecule has 0 spiro atoms. The standard InChI is InChI=1S/C20H20Cl2F3N3O3.C17H22ClNO4.C13H16ClNO2.C12H13ClN2.C12H14ClNO2.C7H6ClF3N2O2.ClH/c1-12-16(22)17(20(23,24)25)26-28(12)11-15(29)27-9-7-19(8-10-27,18(30)31-2)13-3-5-14(21)6-4-13;1-16(2,3)23-15(22)19-10-8-17(9-11-19,14(20)21)12-4-6-13(18)7-5-12;1-17-12(16)13(6-8-15-9-7-13)10-2-4-11(14)5-3-10;1-14-12(6-8-15-9-7-12)10-2-4-11(13)5-3-10;13-10-3-1-9(2-4-10)12(11(15)16)5-7-14-8-6-12;1-3-5(8)6(7(9,10)11)12-13(3)2-4(14)15;/h3-6H,7-11H2,1-2H3;4-7H,8-11H2,1-3H3,(H,20,21);2-5,15H,6-9H2,1H3;2-5,15H,6-9H2;1-4,14H,5-8H2,(H,15,16);2H2,1H3,(H,14,15);1H. The van der Waals surface area contributed by atoms with Crippen LogP contribution in [0.2, 0.25) is 35.2 Å². The number of benzene rings is 5. The molecule has 642 valence electrons. The van der Waals surface area contributed by atoms with E-state index >= 15 is 0 Å². The molecule has 2 aromatic heterocycles. The number of carboxylic acids is 3. The second-order valence-electron chi connectivity index (χ2n) is 29.4. The molecule has 12 rings (SSSR count). The van der Waals surface area contributed by atoms with Crippen molar-refractivity contribution in [3.05, 3.63) is 218 Å². The first-order valence-corrected chi connectivity index (χ1v) is 39.6. The number of nitrogens with zero attached hydrogens (tertiary/aromatic N) is 7. The van der Waals surface area contributed by atoms with Crippen molar-refractivity contribution < 1.29 is 89.4 Å². The number of alkyl halides is 6. The van der Waals surface area contributed by atoms with E-state index in [0.29, 0.717) is 76.4 Å². The molecule has 5 aliphatic heterocycles. The first-order chi connectivity index (χ1) is 55.0. The number of carbonyl (C=O) groups is 7. The summed E-state index contributed by atoms with van der Waals surface area (Å²) < 4.78 is 92.8. The molecule has 5 fully saturated rings. The van der Waals surface area contributed by atoms with E-state index in [1.807, 2.05) is 81.4 Å². The fourth-order valence-corrected chi connectivity index (χ4v) is 15.4. The van der Waals surface area contributed by atoms with Gasteiger partial charge >= 0.3 is 48.3 Å². The zero-order valence-corrected chi connectivity index (χ0v) is 71.6. The van der Waals surface area contributed by atoms with Crippen LogP contribution in [0.4, 0.5) is 31.1 Å². The Bertz CT molecular complexity index is 4590. The molecular weight excluding hydrogens is 1720 g/mol. The average Bonchev–Trinajstić information content (AvgIpc) is 1.68. The molecule has 23 nitrogen and oxygen atoms in total. The van der Waals surface area contributed by atoms with Gasteiger partial charge in [-0.15, -0.1) is 12.4 Å². The molecular formula is C81H92Cl8F6N10O13. The van der Waals surface area contributed by atoms with Crippen molar-refractivity contribution in [1.82, 2.24) is 45.3 Å². The van der Waals surface area contributed by atoms with Gasteiger partial charge in [0.15, 0.2) is 11.4 Å². The number of methoxy groups -OCH3 is 2. The minimum atomic E-state index is -4.71. The van der Waals surface area contributed by atoms with Crippen LogP contribution in [0.1, 0.15) is 136 Å². The Morgan fingerprint density at radius 1 is 0.449 bits per heavy atom. The number of nitrogens with one attached hydrogen (secondary N) is 3. The molecule has 0 radical (unpaired) electrons. The second kappa shape index (κ2) is 42.9. The van der Waals surface area contributed by atoms with E-state index in [1.165, 1.54) is 33.0 Å². The molecule has 0 aliphatic carbocycles. The van der Waals surface area contributed by atoms with Crippen molar-refractivity contribution in [2.75, 3.05) is 79.7 Å². The van der Waals surface area contributed by atoms with Gasteiger partial charge in [0, 0.05) is 82.8 Å². The lowest BCUT2D eigenvalue weighted by Gasteiger charge is -2.40. The molecule has 0 bridgehead atoms. The number of carbonyl (C=O) groups excluding carboxylic acids is 4. The fraction of sp³-hybridized carbons (Fsp3) is 0.457. The number of carboxylic acid groups (broad SMARTS) is 3. The van der Waals surface area contributed by atoms with Gasteiger partial charge in [-0.25, -0.2) is 11.4 Å². The minimum absolute atomic E-state index is 0. The average molecular weight is 1810 g/mol. The Labute approximate surface area is 720 Å². The van der Waals surface area contributed by atoms with Gasteiger partial charge in [-0.3, -0.25) is 38.1 Å². The molecule has 37 heteroatoms. The molecule has 5 aliphatic rings. The van der Waals surface area contributed by atoms with E-state index in [2.05, 4.69) is 31.0 Å². The Hall–Kier alpha value is -8.12. The summed E-state index contributed by atoms with van der Waals surface area (Å²) in [6, 6.07) is 36.1. The Morgan fingerprint density at radius 3 is 1.03 bits per heavy atom. The van der Waals surface area contributed by atoms with E-state index < -0.39 is 103 Å². The van der Waals surface area contributed by atoms with Crippen LogP contribution in [0.3, 0.4) is 0 Å². The van der Waals surface area contributed by atoms with E-state index in [-0.39, 0.29) is 54.9 Å². The minimum Gasteiger partial charge on any atom is -0.481 e. The quantitative estimate of drug-likeness (QED) is 0.0271. The van der Waals surface area contributed by atoms with Gasteiger partial charge in [-0.1, -0.05) is 130 Å². The summed E-state index contributed by atoms with van der Waals surface area (Å²) in [6.45, 7) is 20.6. The molecule has 7 heterocycles. The molecule has 0 unspecified atom stereocenters. The fourth-order valence-electron chi connectivity index (χ4n) is 14.3. The number of aliphatic carboxylic acids is 3. The summed E-state index contributed by atoms with van der Waals surface area (Å²) in [5, 5.41) is 46.0. The Balaban J connectivity index is 0.000000225. The summed E-state index contributed by atoms with van der Waals surface area (Å²) in [5.74, 6) is -3.87. The van der Waals surface area contributed by atoms with Gasteiger partial charge in [0.25, 0.3) is 5.54 Å². The number of amides is 2. The topological polar surface area (TPSA) is 290 Å². The van der Waals surface area contributed by atoms with Gasteiger partial charge in [0.1, 0.15) is 18.7 Å². The van der Waals surface area contributed by atoms with Crippen LogP contribution in [-0.4, -0.2) is 172 Å². The highest BCUT2D eigenvalue weighted by Gasteiger charge is 2.49. The van der Waals surface area contributed by atoms with Crippen molar-refractivity contribution in [2.24, 2.45) is 0 Å². The number of rotatable bonds is 13. The SMILES string of the molecule is CC(C)(C)OC(=O)N1CCC(C(=O)O)(c2ccc(Cl)cc2)CC1.COC(=O)C1(c2ccc(Cl)cc2)CCN(C(=O)Cn2nc(C(F)(F)F)c(Cl)c2C)CC1.COC(=O)C1(c2ccc(Cl)cc2)CCNCC1.Cc1c(Cl)c(C(F)(F)F)nn1CC(=O)O.Cl.O=C(O)C1(c2ccc(Cl)cc2)CCNCC1.[C-]#[N+]C1(c2ccc(Cl)cc2)CCNCC1. The molecule has 7 aromatic rings. The van der Waals surface area contributed by atoms with Crippen molar-refractivity contribution in [1.29, 1.82) is 0 Å². The molecule has 5 aromatic carbocycles. The number of hydrogen-bond acceptors (Lipinski definition) is 15. The van der Waals surface area contributed by atoms with Crippen LogP contribution in [0.5, 0.6) is 0 Å². The van der Waals surface area contributed by atoms with Gasteiger partial charge in [0.05, 0.1) is 57.3 Å². The first kappa shape index (κ1) is 98.7. The lowest BCUT2D eigenvalue weighted by atomic mass is 9.72. The highest BCUT2D eigenvalue weighted by atomic mass is 35.5. The Morgan fingerprint density at radius 2 is 0.729 bits per heavy atom. The van der Waals surface area contributed by atoms with Crippen LogP contribution in [0.25, 0.3) is 4.85 Å². The van der Waals surface area contributed by atoms with Gasteiger partial charge in [-0.05, 0) is 207 Å². The van der Waals surface area contributed by atoms with Crippen molar-refractivity contribution in [3.63, 3.8) is 0 Å². The number of esters is 2. The predicted octanol–water partition coefficient (Wildman–Crippen LogP) is 17.3. The molecule has 2 amide bonds.